The van der Waals surface area contributed by atoms with Crippen molar-refractivity contribution in [1.29, 1.82) is 0 Å². The number of non-ortho nitro benzene ring substituents is 1. The van der Waals surface area contributed by atoms with Crippen molar-refractivity contribution >= 4 is 33.0 Å². The first kappa shape index (κ1) is 21.8. The standard InChI is InChI=1S/C21H19N3O6S/c1-14-6-7-17(24(26)27)13-20(14)22-21(25)15-4-3-5-16(12-15)23-31(28,29)19-10-8-18(30-2)9-11-19/h3-13,23H,1-2H3,(H,22,25). The number of hydrogen-bond donors (Lipinski definition) is 2. The number of benzene rings is 3. The van der Waals surface area contributed by atoms with Crippen molar-refractivity contribution in [3.63, 3.8) is 0 Å². The molecule has 3 aromatic carbocycles. The number of nitro benzene ring substituents is 1. The number of amides is 1. The van der Waals surface area contributed by atoms with Gasteiger partial charge in [0.15, 0.2) is 0 Å². The van der Waals surface area contributed by atoms with Gasteiger partial charge in [0, 0.05) is 23.4 Å². The molecule has 0 bridgehead atoms. The molecule has 3 rings (SSSR count). The summed E-state index contributed by atoms with van der Waals surface area (Å²) in [5.74, 6) is -0.0110. The smallest absolute Gasteiger partial charge is 0.271 e. The van der Waals surface area contributed by atoms with Crippen molar-refractivity contribution in [3.05, 3.63) is 88.0 Å². The van der Waals surface area contributed by atoms with Gasteiger partial charge in [-0.3, -0.25) is 19.6 Å². The molecular formula is C21H19N3O6S. The Morgan fingerprint density at radius 1 is 1.03 bits per heavy atom. The van der Waals surface area contributed by atoms with E-state index in [1.54, 1.807) is 6.92 Å². The Hall–Kier alpha value is -3.92. The molecule has 0 aliphatic heterocycles. The second-order valence-electron chi connectivity index (χ2n) is 6.57. The minimum absolute atomic E-state index is 0.0374. The summed E-state index contributed by atoms with van der Waals surface area (Å²) in [7, 11) is -2.39. The Bertz CT molecular complexity index is 1240. The van der Waals surface area contributed by atoms with Crippen molar-refractivity contribution in [2.24, 2.45) is 0 Å². The third-order valence-corrected chi connectivity index (χ3v) is 5.82. The van der Waals surface area contributed by atoms with Crippen LogP contribution in [0, 0.1) is 17.0 Å². The van der Waals surface area contributed by atoms with Gasteiger partial charge in [-0.05, 0) is 55.0 Å². The molecule has 9 nitrogen and oxygen atoms in total. The number of nitrogens with one attached hydrogen (secondary N) is 2. The Kier molecular flexibility index (Phi) is 6.21. The molecule has 0 atom stereocenters. The molecule has 0 spiro atoms. The fourth-order valence-electron chi connectivity index (χ4n) is 2.75. The second kappa shape index (κ2) is 8.84. The lowest BCUT2D eigenvalue weighted by Gasteiger charge is -2.11. The molecule has 1 amide bonds. The highest BCUT2D eigenvalue weighted by atomic mass is 32.2. The lowest BCUT2D eigenvalue weighted by atomic mass is 10.1. The molecule has 160 valence electrons. The van der Waals surface area contributed by atoms with E-state index in [0.29, 0.717) is 17.0 Å². The predicted molar refractivity (Wildman–Crippen MR) is 116 cm³/mol. The van der Waals surface area contributed by atoms with E-state index >= 15 is 0 Å². The molecule has 0 unspecified atom stereocenters. The minimum atomic E-state index is -3.87. The van der Waals surface area contributed by atoms with E-state index in [0.717, 1.165) is 0 Å². The Morgan fingerprint density at radius 3 is 2.39 bits per heavy atom. The fourth-order valence-corrected chi connectivity index (χ4v) is 3.80. The van der Waals surface area contributed by atoms with Crippen LogP contribution in [0.3, 0.4) is 0 Å². The maximum absolute atomic E-state index is 12.6. The van der Waals surface area contributed by atoms with E-state index in [1.807, 2.05) is 0 Å². The van der Waals surface area contributed by atoms with Gasteiger partial charge in [0.2, 0.25) is 0 Å². The molecule has 0 radical (unpaired) electrons. The molecule has 0 aromatic heterocycles. The zero-order valence-corrected chi connectivity index (χ0v) is 17.5. The highest BCUT2D eigenvalue weighted by Gasteiger charge is 2.16. The molecule has 3 aromatic rings. The minimum Gasteiger partial charge on any atom is -0.497 e. The lowest BCUT2D eigenvalue weighted by molar-refractivity contribution is -0.384. The van der Waals surface area contributed by atoms with E-state index in [9.17, 15) is 23.3 Å². The van der Waals surface area contributed by atoms with Gasteiger partial charge in [-0.15, -0.1) is 0 Å². The molecule has 10 heteroatoms. The Labute approximate surface area is 178 Å². The first-order valence-corrected chi connectivity index (χ1v) is 10.5. The number of methoxy groups -OCH3 is 1. The van der Waals surface area contributed by atoms with Gasteiger partial charge in [-0.1, -0.05) is 12.1 Å². The number of sulfonamides is 1. The molecular weight excluding hydrogens is 422 g/mol. The van der Waals surface area contributed by atoms with Crippen molar-refractivity contribution < 1.29 is 22.9 Å². The summed E-state index contributed by atoms with van der Waals surface area (Å²) >= 11 is 0. The lowest BCUT2D eigenvalue weighted by Crippen LogP contribution is -2.15. The van der Waals surface area contributed by atoms with Crippen LogP contribution in [0.4, 0.5) is 17.1 Å². The van der Waals surface area contributed by atoms with Crippen molar-refractivity contribution in [3.8, 4) is 5.75 Å². The third-order valence-electron chi connectivity index (χ3n) is 4.43. The maximum atomic E-state index is 12.6. The van der Waals surface area contributed by atoms with E-state index in [2.05, 4.69) is 10.0 Å². The molecule has 0 fully saturated rings. The molecule has 0 saturated carbocycles. The van der Waals surface area contributed by atoms with Crippen LogP contribution in [0.15, 0.2) is 71.6 Å². The van der Waals surface area contributed by atoms with Gasteiger partial charge in [-0.2, -0.15) is 0 Å². The number of carbonyl (C=O) groups excluding carboxylic acids is 1. The monoisotopic (exact) mass is 441 g/mol. The average Bonchev–Trinajstić information content (AvgIpc) is 2.75. The molecule has 0 aliphatic rings. The van der Waals surface area contributed by atoms with Crippen LogP contribution in [0.2, 0.25) is 0 Å². The highest BCUT2D eigenvalue weighted by molar-refractivity contribution is 7.92. The first-order chi connectivity index (χ1) is 14.7. The highest BCUT2D eigenvalue weighted by Crippen LogP contribution is 2.24. The van der Waals surface area contributed by atoms with Gasteiger partial charge < -0.3 is 10.1 Å². The van der Waals surface area contributed by atoms with E-state index in [4.69, 9.17) is 4.74 Å². The van der Waals surface area contributed by atoms with Gasteiger partial charge in [-0.25, -0.2) is 8.42 Å². The van der Waals surface area contributed by atoms with Crippen molar-refractivity contribution in [1.82, 2.24) is 0 Å². The van der Waals surface area contributed by atoms with E-state index < -0.39 is 20.9 Å². The van der Waals surface area contributed by atoms with Gasteiger partial charge in [0.05, 0.1) is 22.6 Å². The van der Waals surface area contributed by atoms with E-state index in [-0.39, 0.29) is 21.8 Å². The number of nitrogens with zero attached hydrogens (tertiary/aromatic N) is 1. The van der Waals surface area contributed by atoms with Crippen LogP contribution in [-0.2, 0) is 10.0 Å². The van der Waals surface area contributed by atoms with Crippen molar-refractivity contribution in [2.75, 3.05) is 17.1 Å². The molecule has 0 aliphatic carbocycles. The second-order valence-corrected chi connectivity index (χ2v) is 8.25. The number of nitro groups is 1. The van der Waals surface area contributed by atoms with Crippen LogP contribution in [0.5, 0.6) is 5.75 Å². The Balaban J connectivity index is 1.80. The molecule has 0 saturated heterocycles. The van der Waals surface area contributed by atoms with Gasteiger partial charge in [0.1, 0.15) is 5.75 Å². The number of aryl methyl sites for hydroxylation is 1. The summed E-state index contributed by atoms with van der Waals surface area (Å²) in [6.45, 7) is 1.71. The number of ether oxygens (including phenoxy) is 1. The summed E-state index contributed by atoms with van der Waals surface area (Å²) in [6.07, 6.45) is 0. The average molecular weight is 441 g/mol. The fraction of sp³-hybridized carbons (Fsp3) is 0.0952. The predicted octanol–water partition coefficient (Wildman–Crippen LogP) is 3.96. The summed E-state index contributed by atoms with van der Waals surface area (Å²) in [6, 6.07) is 15.9. The van der Waals surface area contributed by atoms with Crippen molar-refractivity contribution in [2.45, 2.75) is 11.8 Å². The van der Waals surface area contributed by atoms with Gasteiger partial charge in [0.25, 0.3) is 21.6 Å². The largest absolute Gasteiger partial charge is 0.497 e. The van der Waals surface area contributed by atoms with Crippen LogP contribution in [0.25, 0.3) is 0 Å². The van der Waals surface area contributed by atoms with Gasteiger partial charge >= 0.3 is 0 Å². The summed E-state index contributed by atoms with van der Waals surface area (Å²) in [5.41, 5.74) is 1.17. The zero-order valence-electron chi connectivity index (χ0n) is 16.7. The summed E-state index contributed by atoms with van der Waals surface area (Å²) in [5, 5.41) is 13.6. The number of carbonyl (C=O) groups is 1. The molecule has 31 heavy (non-hydrogen) atoms. The first-order valence-electron chi connectivity index (χ1n) is 9.03. The van der Waals surface area contributed by atoms with E-state index in [1.165, 1.54) is 73.8 Å². The Morgan fingerprint density at radius 2 is 1.74 bits per heavy atom. The zero-order chi connectivity index (χ0) is 22.6. The SMILES string of the molecule is COc1ccc(S(=O)(=O)Nc2cccc(C(=O)Nc3cc([N+](=O)[O-])ccc3C)c2)cc1. The quantitative estimate of drug-likeness (QED) is 0.422. The van der Waals surface area contributed by atoms with Crippen LogP contribution >= 0.6 is 0 Å². The van der Waals surface area contributed by atoms with Crippen LogP contribution < -0.4 is 14.8 Å². The van der Waals surface area contributed by atoms with Crippen LogP contribution in [0.1, 0.15) is 15.9 Å². The number of hydrogen-bond acceptors (Lipinski definition) is 6. The summed E-state index contributed by atoms with van der Waals surface area (Å²) < 4.78 is 32.7. The maximum Gasteiger partial charge on any atom is 0.271 e. The molecule has 2 N–H and O–H groups in total. The normalized spacial score (nSPS) is 10.9. The van der Waals surface area contributed by atoms with Crippen LogP contribution in [-0.4, -0.2) is 26.4 Å². The topological polar surface area (TPSA) is 128 Å². The number of anilines is 2. The molecule has 0 heterocycles. The number of rotatable bonds is 7. The summed E-state index contributed by atoms with van der Waals surface area (Å²) in [4.78, 5) is 23.1. The third kappa shape index (κ3) is 5.17.